The topological polar surface area (TPSA) is 84.8 Å². The van der Waals surface area contributed by atoms with Gasteiger partial charge in [0.25, 0.3) is 0 Å². The van der Waals surface area contributed by atoms with E-state index in [0.29, 0.717) is 23.1 Å². The molecule has 1 aromatic heterocycles. The van der Waals surface area contributed by atoms with Crippen molar-refractivity contribution >= 4 is 51.9 Å². The van der Waals surface area contributed by atoms with Gasteiger partial charge in [-0.3, -0.25) is 4.79 Å². The van der Waals surface area contributed by atoms with Crippen LogP contribution in [-0.2, 0) is 16.2 Å². The molecule has 132 valence electrons. The molecule has 0 radical (unpaired) electrons. The van der Waals surface area contributed by atoms with Crippen molar-refractivity contribution in [2.75, 3.05) is 7.11 Å². The van der Waals surface area contributed by atoms with E-state index < -0.39 is 5.97 Å². The Kier molecular flexibility index (Phi) is 7.26. The van der Waals surface area contributed by atoms with E-state index in [9.17, 15) is 4.79 Å². The van der Waals surface area contributed by atoms with Gasteiger partial charge in [-0.2, -0.15) is 10.5 Å². The summed E-state index contributed by atoms with van der Waals surface area (Å²) in [6.45, 7) is 1.59. The number of halogens is 2. The summed E-state index contributed by atoms with van der Waals surface area (Å²) in [5, 5.41) is 3.57. The number of aromatic nitrogens is 1. The van der Waals surface area contributed by atoms with E-state index in [1.54, 1.807) is 37.6 Å². The lowest BCUT2D eigenvalue weighted by Crippen LogP contribution is -2.37. The molecule has 0 saturated carbocycles. The van der Waals surface area contributed by atoms with Crippen LogP contribution in [0.1, 0.15) is 12.5 Å². The van der Waals surface area contributed by atoms with Crippen molar-refractivity contribution in [1.29, 1.82) is 0 Å². The highest BCUT2D eigenvalue weighted by atomic mass is 127. The standard InChI is InChI=1S/C16H16ClIN4O3/c1-10(23)25-22-16(21-15-7-6-11(18)8-19-15)20-9-12-13(17)4-3-5-14(12)24-2/h3-8H,9H2,1-2H3,(H2,19,20,21,22). The third-order valence-electron chi connectivity index (χ3n) is 2.96. The molecule has 7 nitrogen and oxygen atoms in total. The summed E-state index contributed by atoms with van der Waals surface area (Å²) < 4.78 is 6.29. The molecule has 25 heavy (non-hydrogen) atoms. The number of rotatable bonds is 4. The number of ether oxygens (including phenoxy) is 1. The van der Waals surface area contributed by atoms with Gasteiger partial charge in [0.05, 0.1) is 7.11 Å². The number of hydroxylamine groups is 1. The molecule has 0 bridgehead atoms. The SMILES string of the molecule is COc1cccc(Cl)c1CNC(=Nc1ccc(I)cn1)NOC(C)=O. The number of hydrogen-bond acceptors (Lipinski definition) is 5. The second-order valence-corrected chi connectivity index (χ2v) is 6.42. The predicted octanol–water partition coefficient (Wildman–Crippen LogP) is 3.19. The van der Waals surface area contributed by atoms with E-state index >= 15 is 0 Å². The quantitative estimate of drug-likeness (QED) is 0.306. The monoisotopic (exact) mass is 474 g/mol. The van der Waals surface area contributed by atoms with Gasteiger partial charge in [0, 0.05) is 33.8 Å². The molecule has 1 heterocycles. The largest absolute Gasteiger partial charge is 0.496 e. The van der Waals surface area contributed by atoms with Crippen molar-refractivity contribution < 1.29 is 14.4 Å². The summed E-state index contributed by atoms with van der Waals surface area (Å²) in [6, 6.07) is 8.98. The van der Waals surface area contributed by atoms with Crippen LogP contribution in [0.2, 0.25) is 5.02 Å². The highest BCUT2D eigenvalue weighted by Gasteiger charge is 2.10. The second-order valence-electron chi connectivity index (χ2n) is 4.76. The number of guanidine groups is 1. The Morgan fingerprint density at radius 3 is 2.80 bits per heavy atom. The van der Waals surface area contributed by atoms with Gasteiger partial charge < -0.3 is 14.9 Å². The summed E-state index contributed by atoms with van der Waals surface area (Å²) >= 11 is 8.37. The van der Waals surface area contributed by atoms with E-state index in [2.05, 4.69) is 43.4 Å². The normalized spacial score (nSPS) is 11.0. The molecule has 0 aliphatic carbocycles. The van der Waals surface area contributed by atoms with Gasteiger partial charge in [0.15, 0.2) is 5.82 Å². The first-order valence-corrected chi connectivity index (χ1v) is 8.64. The zero-order valence-corrected chi connectivity index (χ0v) is 16.5. The Balaban J connectivity index is 2.19. The maximum atomic E-state index is 11.0. The molecule has 0 atom stereocenters. The molecule has 0 fully saturated rings. The van der Waals surface area contributed by atoms with Gasteiger partial charge in [-0.1, -0.05) is 17.7 Å². The van der Waals surface area contributed by atoms with Crippen LogP contribution in [0.4, 0.5) is 5.82 Å². The van der Waals surface area contributed by atoms with Crippen molar-refractivity contribution in [1.82, 2.24) is 15.8 Å². The molecule has 0 aliphatic heterocycles. The molecule has 0 unspecified atom stereocenters. The third kappa shape index (κ3) is 6.05. The fourth-order valence-electron chi connectivity index (χ4n) is 1.84. The number of carbonyl (C=O) groups excluding carboxylic acids is 1. The van der Waals surface area contributed by atoms with Crippen LogP contribution < -0.4 is 15.5 Å². The molecule has 2 rings (SSSR count). The number of pyridine rings is 1. The van der Waals surface area contributed by atoms with Crippen LogP contribution in [0, 0.1) is 3.57 Å². The molecule has 0 saturated heterocycles. The first-order valence-electron chi connectivity index (χ1n) is 7.18. The Labute approximate surface area is 163 Å². The van der Waals surface area contributed by atoms with Gasteiger partial charge in [0.2, 0.25) is 5.96 Å². The highest BCUT2D eigenvalue weighted by molar-refractivity contribution is 14.1. The van der Waals surface area contributed by atoms with E-state index in [4.69, 9.17) is 21.2 Å². The average Bonchev–Trinajstić information content (AvgIpc) is 2.59. The van der Waals surface area contributed by atoms with Crippen LogP contribution in [-0.4, -0.2) is 24.0 Å². The van der Waals surface area contributed by atoms with Crippen molar-refractivity contribution in [3.63, 3.8) is 0 Å². The fourth-order valence-corrected chi connectivity index (χ4v) is 2.39. The molecular formula is C16H16ClIN4O3. The Morgan fingerprint density at radius 1 is 1.36 bits per heavy atom. The van der Waals surface area contributed by atoms with Crippen LogP contribution in [0.15, 0.2) is 41.5 Å². The Hall–Kier alpha value is -2.07. The molecule has 0 aliphatic rings. The van der Waals surface area contributed by atoms with Crippen LogP contribution in [0.5, 0.6) is 5.75 Å². The molecule has 2 N–H and O–H groups in total. The van der Waals surface area contributed by atoms with E-state index in [1.807, 2.05) is 6.07 Å². The van der Waals surface area contributed by atoms with Crippen molar-refractivity contribution in [3.05, 3.63) is 50.7 Å². The lowest BCUT2D eigenvalue weighted by Gasteiger charge is -2.14. The van der Waals surface area contributed by atoms with Gasteiger partial charge in [-0.25, -0.2) is 4.98 Å². The summed E-state index contributed by atoms with van der Waals surface area (Å²) in [4.78, 5) is 24.3. The minimum Gasteiger partial charge on any atom is -0.496 e. The van der Waals surface area contributed by atoms with Gasteiger partial charge in [-0.05, 0) is 46.9 Å². The lowest BCUT2D eigenvalue weighted by atomic mass is 10.2. The van der Waals surface area contributed by atoms with Crippen molar-refractivity contribution in [2.24, 2.45) is 4.99 Å². The van der Waals surface area contributed by atoms with Gasteiger partial charge in [0.1, 0.15) is 5.75 Å². The smallest absolute Gasteiger partial charge is 0.329 e. The maximum Gasteiger partial charge on any atom is 0.329 e. The summed E-state index contributed by atoms with van der Waals surface area (Å²) in [7, 11) is 1.57. The lowest BCUT2D eigenvalue weighted by molar-refractivity contribution is -0.145. The third-order valence-corrected chi connectivity index (χ3v) is 3.95. The number of aliphatic imine (C=N–C) groups is 1. The molecule has 0 amide bonds. The number of benzene rings is 1. The minimum atomic E-state index is -0.500. The van der Waals surface area contributed by atoms with Gasteiger partial charge in [-0.15, -0.1) is 0 Å². The number of carbonyl (C=O) groups is 1. The minimum absolute atomic E-state index is 0.214. The van der Waals surface area contributed by atoms with Gasteiger partial charge >= 0.3 is 5.97 Å². The Bertz CT molecular complexity index is 768. The zero-order valence-electron chi connectivity index (χ0n) is 13.5. The molecule has 1 aromatic carbocycles. The first-order chi connectivity index (χ1) is 12.0. The molecule has 2 aromatic rings. The maximum absolute atomic E-state index is 11.0. The highest BCUT2D eigenvalue weighted by Crippen LogP contribution is 2.25. The Morgan fingerprint density at radius 2 is 2.16 bits per heavy atom. The zero-order chi connectivity index (χ0) is 18.2. The number of nitrogens with one attached hydrogen (secondary N) is 2. The van der Waals surface area contributed by atoms with Crippen molar-refractivity contribution in [3.8, 4) is 5.75 Å². The van der Waals surface area contributed by atoms with Crippen LogP contribution in [0.25, 0.3) is 0 Å². The predicted molar refractivity (Wildman–Crippen MR) is 104 cm³/mol. The fraction of sp³-hybridized carbons (Fsp3) is 0.188. The average molecular weight is 475 g/mol. The second kappa shape index (κ2) is 9.42. The summed E-state index contributed by atoms with van der Waals surface area (Å²) in [6.07, 6.45) is 1.68. The van der Waals surface area contributed by atoms with E-state index in [1.165, 1.54) is 6.92 Å². The van der Waals surface area contributed by atoms with E-state index in [-0.39, 0.29) is 5.96 Å². The summed E-state index contributed by atoms with van der Waals surface area (Å²) in [5.74, 6) is 0.805. The van der Waals surface area contributed by atoms with E-state index in [0.717, 1.165) is 9.13 Å². The summed E-state index contributed by atoms with van der Waals surface area (Å²) in [5.41, 5.74) is 3.22. The number of nitrogens with zero attached hydrogens (tertiary/aromatic N) is 2. The molecule has 0 spiro atoms. The molecular weight excluding hydrogens is 459 g/mol. The van der Waals surface area contributed by atoms with Crippen LogP contribution in [0.3, 0.4) is 0 Å². The van der Waals surface area contributed by atoms with Crippen molar-refractivity contribution in [2.45, 2.75) is 13.5 Å². The first kappa shape index (κ1) is 19.3. The molecule has 9 heteroatoms. The van der Waals surface area contributed by atoms with Crippen LogP contribution >= 0.6 is 34.2 Å². The number of methoxy groups -OCH3 is 1. The number of hydrogen-bond donors (Lipinski definition) is 2.